The molecule has 1 heterocycles. The molecule has 0 radical (unpaired) electrons. The summed E-state index contributed by atoms with van der Waals surface area (Å²) >= 11 is 3.38. The van der Waals surface area contributed by atoms with Gasteiger partial charge in [0.1, 0.15) is 11.5 Å². The number of rotatable bonds is 4. The SMILES string of the molecule is COc1cc(OC)c(C=NN2C(=O)c3ccccc3C2=O)cc1Br. The minimum absolute atomic E-state index is 0.350. The first-order valence-corrected chi connectivity index (χ1v) is 7.79. The topological polar surface area (TPSA) is 68.2 Å². The van der Waals surface area contributed by atoms with Gasteiger partial charge in [0.2, 0.25) is 0 Å². The maximum Gasteiger partial charge on any atom is 0.282 e. The van der Waals surface area contributed by atoms with Gasteiger partial charge < -0.3 is 9.47 Å². The first-order valence-electron chi connectivity index (χ1n) is 7.00. The lowest BCUT2D eigenvalue weighted by atomic mass is 10.1. The van der Waals surface area contributed by atoms with Crippen LogP contribution in [-0.4, -0.2) is 37.3 Å². The molecule has 0 saturated heterocycles. The fraction of sp³-hybridized carbons (Fsp3) is 0.118. The molecule has 2 aromatic rings. The Bertz CT molecular complexity index is 829. The Morgan fingerprint density at radius 2 is 1.58 bits per heavy atom. The molecule has 0 aliphatic carbocycles. The Hall–Kier alpha value is -2.67. The van der Waals surface area contributed by atoms with Gasteiger partial charge in [0.25, 0.3) is 11.8 Å². The van der Waals surface area contributed by atoms with Gasteiger partial charge in [-0.05, 0) is 34.1 Å². The van der Waals surface area contributed by atoms with Crippen molar-refractivity contribution in [3.05, 3.63) is 57.6 Å². The molecule has 1 aliphatic heterocycles. The lowest BCUT2D eigenvalue weighted by Gasteiger charge is -2.10. The highest BCUT2D eigenvalue weighted by atomic mass is 79.9. The van der Waals surface area contributed by atoms with Gasteiger partial charge in [-0.2, -0.15) is 10.1 Å². The van der Waals surface area contributed by atoms with E-state index in [4.69, 9.17) is 9.47 Å². The Morgan fingerprint density at radius 1 is 1.00 bits per heavy atom. The summed E-state index contributed by atoms with van der Waals surface area (Å²) in [7, 11) is 3.06. The van der Waals surface area contributed by atoms with Gasteiger partial charge >= 0.3 is 0 Å². The summed E-state index contributed by atoms with van der Waals surface area (Å²) in [6, 6.07) is 10.1. The number of imide groups is 1. The first-order chi connectivity index (χ1) is 11.6. The van der Waals surface area contributed by atoms with Crippen LogP contribution in [0, 0.1) is 0 Å². The number of methoxy groups -OCH3 is 2. The molecule has 3 rings (SSSR count). The molecule has 0 aromatic heterocycles. The second kappa shape index (κ2) is 6.45. The van der Waals surface area contributed by atoms with Crippen molar-refractivity contribution in [1.82, 2.24) is 5.01 Å². The fourth-order valence-electron chi connectivity index (χ4n) is 2.39. The Kier molecular flexibility index (Phi) is 4.35. The molecule has 1 aliphatic rings. The molecule has 7 heteroatoms. The van der Waals surface area contributed by atoms with Crippen molar-refractivity contribution in [2.24, 2.45) is 5.10 Å². The van der Waals surface area contributed by atoms with Crippen LogP contribution in [0.1, 0.15) is 26.3 Å². The molecule has 0 fully saturated rings. The second-order valence-electron chi connectivity index (χ2n) is 4.94. The number of carbonyl (C=O) groups is 2. The van der Waals surface area contributed by atoms with Crippen molar-refractivity contribution in [2.45, 2.75) is 0 Å². The van der Waals surface area contributed by atoms with Crippen molar-refractivity contribution in [3.8, 4) is 11.5 Å². The molecule has 0 N–H and O–H groups in total. The summed E-state index contributed by atoms with van der Waals surface area (Å²) in [5.41, 5.74) is 1.30. The number of benzene rings is 2. The zero-order valence-corrected chi connectivity index (χ0v) is 14.5. The van der Waals surface area contributed by atoms with Crippen molar-refractivity contribution in [1.29, 1.82) is 0 Å². The van der Waals surface area contributed by atoms with Crippen molar-refractivity contribution in [3.63, 3.8) is 0 Å². The number of ether oxygens (including phenoxy) is 2. The molecular weight excluding hydrogens is 376 g/mol. The van der Waals surface area contributed by atoms with E-state index in [1.807, 2.05) is 0 Å². The normalized spacial score (nSPS) is 13.5. The number of halogens is 1. The number of hydrogen-bond donors (Lipinski definition) is 0. The summed E-state index contributed by atoms with van der Waals surface area (Å²) in [6.07, 6.45) is 1.41. The average molecular weight is 389 g/mol. The van der Waals surface area contributed by atoms with Crippen LogP contribution in [0.2, 0.25) is 0 Å². The van der Waals surface area contributed by atoms with Gasteiger partial charge in [0.05, 0.1) is 36.0 Å². The maximum atomic E-state index is 12.3. The van der Waals surface area contributed by atoms with Crippen LogP contribution < -0.4 is 9.47 Å². The third-order valence-electron chi connectivity index (χ3n) is 3.59. The maximum absolute atomic E-state index is 12.3. The number of hydrazone groups is 1. The van der Waals surface area contributed by atoms with Crippen LogP contribution in [0.4, 0.5) is 0 Å². The predicted octanol–water partition coefficient (Wildman–Crippen LogP) is 3.10. The summed E-state index contributed by atoms with van der Waals surface area (Å²) in [5, 5.41) is 4.89. The van der Waals surface area contributed by atoms with Crippen LogP contribution >= 0.6 is 15.9 Å². The minimum Gasteiger partial charge on any atom is -0.496 e. The van der Waals surface area contributed by atoms with Gasteiger partial charge in [0, 0.05) is 11.6 Å². The summed E-state index contributed by atoms with van der Waals surface area (Å²) in [6.45, 7) is 0. The van der Waals surface area contributed by atoms with Crippen LogP contribution in [-0.2, 0) is 0 Å². The Labute approximate surface area is 146 Å². The van der Waals surface area contributed by atoms with E-state index in [-0.39, 0.29) is 0 Å². The third-order valence-corrected chi connectivity index (χ3v) is 4.21. The lowest BCUT2D eigenvalue weighted by molar-refractivity contribution is 0.0660. The first kappa shape index (κ1) is 16.2. The summed E-state index contributed by atoms with van der Waals surface area (Å²) in [5.74, 6) is 0.219. The average Bonchev–Trinajstić information content (AvgIpc) is 2.84. The molecule has 6 nitrogen and oxygen atoms in total. The molecule has 0 saturated carbocycles. The Morgan fingerprint density at radius 3 is 2.12 bits per heavy atom. The van der Waals surface area contributed by atoms with Gasteiger partial charge in [-0.3, -0.25) is 9.59 Å². The quantitative estimate of drug-likeness (QED) is 0.596. The monoisotopic (exact) mass is 388 g/mol. The van der Waals surface area contributed by atoms with Gasteiger partial charge in [0.15, 0.2) is 0 Å². The van der Waals surface area contributed by atoms with E-state index in [1.165, 1.54) is 13.3 Å². The zero-order valence-electron chi connectivity index (χ0n) is 12.9. The molecule has 0 spiro atoms. The van der Waals surface area contributed by atoms with Gasteiger partial charge in [-0.25, -0.2) is 0 Å². The Balaban J connectivity index is 1.94. The minimum atomic E-state index is -0.446. The zero-order chi connectivity index (χ0) is 17.3. The summed E-state index contributed by atoms with van der Waals surface area (Å²) < 4.78 is 11.2. The highest BCUT2D eigenvalue weighted by molar-refractivity contribution is 9.10. The standard InChI is InChI=1S/C17H13BrN2O4/c1-23-14-8-15(24-2)13(18)7-10(14)9-19-20-16(21)11-5-3-4-6-12(11)17(20)22/h3-9H,1-2H3. The highest BCUT2D eigenvalue weighted by Crippen LogP contribution is 2.32. The van der Waals surface area contributed by atoms with E-state index < -0.39 is 11.8 Å². The molecule has 0 atom stereocenters. The molecule has 122 valence electrons. The van der Waals surface area contributed by atoms with E-state index in [0.717, 1.165) is 5.01 Å². The molecule has 2 aromatic carbocycles. The van der Waals surface area contributed by atoms with Gasteiger partial charge in [-0.1, -0.05) is 12.1 Å². The molecule has 24 heavy (non-hydrogen) atoms. The lowest BCUT2D eigenvalue weighted by Crippen LogP contribution is -2.24. The fourth-order valence-corrected chi connectivity index (χ4v) is 2.91. The van der Waals surface area contributed by atoms with Crippen LogP contribution in [0.5, 0.6) is 11.5 Å². The van der Waals surface area contributed by atoms with E-state index in [0.29, 0.717) is 32.7 Å². The van der Waals surface area contributed by atoms with E-state index in [2.05, 4.69) is 21.0 Å². The highest BCUT2D eigenvalue weighted by Gasteiger charge is 2.35. The van der Waals surface area contributed by atoms with E-state index in [1.54, 1.807) is 43.5 Å². The number of fused-ring (bicyclic) bond motifs is 1. The largest absolute Gasteiger partial charge is 0.496 e. The van der Waals surface area contributed by atoms with E-state index in [9.17, 15) is 9.59 Å². The van der Waals surface area contributed by atoms with Crippen LogP contribution in [0.3, 0.4) is 0 Å². The second-order valence-corrected chi connectivity index (χ2v) is 5.80. The third kappa shape index (κ3) is 2.67. The number of carbonyl (C=O) groups excluding carboxylic acids is 2. The number of nitrogens with zero attached hydrogens (tertiary/aromatic N) is 2. The van der Waals surface area contributed by atoms with Crippen molar-refractivity contribution in [2.75, 3.05) is 14.2 Å². The predicted molar refractivity (Wildman–Crippen MR) is 91.8 cm³/mol. The van der Waals surface area contributed by atoms with E-state index >= 15 is 0 Å². The van der Waals surface area contributed by atoms with Crippen molar-refractivity contribution < 1.29 is 19.1 Å². The van der Waals surface area contributed by atoms with Gasteiger partial charge in [-0.15, -0.1) is 0 Å². The number of hydrogen-bond acceptors (Lipinski definition) is 5. The summed E-state index contributed by atoms with van der Waals surface area (Å²) in [4.78, 5) is 24.6. The van der Waals surface area contributed by atoms with Crippen molar-refractivity contribution >= 4 is 34.0 Å². The number of amides is 2. The molecular formula is C17H13BrN2O4. The molecule has 2 amide bonds. The molecule has 0 bridgehead atoms. The smallest absolute Gasteiger partial charge is 0.282 e. The van der Waals surface area contributed by atoms with Crippen LogP contribution in [0.25, 0.3) is 0 Å². The molecule has 0 unspecified atom stereocenters. The van der Waals surface area contributed by atoms with Crippen LogP contribution in [0.15, 0.2) is 46.0 Å².